The number of imidazole rings is 1. The first-order chi connectivity index (χ1) is 17.7. The molecule has 206 valence electrons. The molecule has 0 saturated carbocycles. The number of ether oxygens (including phenoxy) is 1. The molecule has 0 aliphatic carbocycles. The van der Waals surface area contributed by atoms with E-state index in [0.717, 1.165) is 0 Å². The van der Waals surface area contributed by atoms with Crippen molar-refractivity contribution in [2.24, 2.45) is 0 Å². The van der Waals surface area contributed by atoms with Gasteiger partial charge in [0.1, 0.15) is 16.4 Å². The maximum absolute atomic E-state index is 15.8. The van der Waals surface area contributed by atoms with Crippen LogP contribution in [0.25, 0.3) is 22.6 Å². The van der Waals surface area contributed by atoms with Crippen LogP contribution in [-0.4, -0.2) is 60.2 Å². The number of aromatic nitrogens is 4. The van der Waals surface area contributed by atoms with Gasteiger partial charge in [0.25, 0.3) is 0 Å². The second-order valence-electron chi connectivity index (χ2n) is 10.1. The summed E-state index contributed by atoms with van der Waals surface area (Å²) in [5, 5.41) is 5.69. The summed E-state index contributed by atoms with van der Waals surface area (Å²) in [5.74, 6) is -0.0692. The molecule has 0 fully saturated rings. The molecule has 11 nitrogen and oxygen atoms in total. The summed E-state index contributed by atoms with van der Waals surface area (Å²) in [6.07, 6.45) is 0.981. The van der Waals surface area contributed by atoms with Crippen molar-refractivity contribution in [3.05, 3.63) is 42.1 Å². The molecular formula is C25H34FN7O4S. The summed E-state index contributed by atoms with van der Waals surface area (Å²) in [7, 11) is -2.81. The number of rotatable bonds is 9. The van der Waals surface area contributed by atoms with Crippen molar-refractivity contribution in [1.29, 1.82) is 0 Å². The Morgan fingerprint density at radius 1 is 1.16 bits per heavy atom. The predicted octanol–water partition coefficient (Wildman–Crippen LogP) is 3.81. The number of sulfonamides is 1. The van der Waals surface area contributed by atoms with Crippen LogP contribution < -0.4 is 15.4 Å². The lowest BCUT2D eigenvalue weighted by molar-refractivity contribution is 0.168. The second-order valence-corrected chi connectivity index (χ2v) is 11.8. The van der Waals surface area contributed by atoms with E-state index in [-0.39, 0.29) is 23.2 Å². The second kappa shape index (κ2) is 11.4. The van der Waals surface area contributed by atoms with Crippen LogP contribution in [0.15, 0.2) is 35.4 Å². The first kappa shape index (κ1) is 29.0. The number of carbonyl (C=O) groups excluding carboxylic acids is 1. The molecule has 13 heteroatoms. The number of methoxy groups -OCH3 is 1. The van der Waals surface area contributed by atoms with Crippen molar-refractivity contribution in [2.45, 2.75) is 63.9 Å². The molecule has 2 heterocycles. The number of benzene rings is 1. The normalized spacial score (nSPS) is 12.9. The van der Waals surface area contributed by atoms with Crippen molar-refractivity contribution in [2.75, 3.05) is 19.0 Å². The van der Waals surface area contributed by atoms with E-state index in [1.54, 1.807) is 26.8 Å². The number of H-pyrrole nitrogens is 1. The van der Waals surface area contributed by atoms with Gasteiger partial charge in [-0.1, -0.05) is 26.8 Å². The number of nitrogens with zero attached hydrogens (tertiary/aromatic N) is 3. The fraction of sp³-hybridized carbons (Fsp3) is 0.440. The van der Waals surface area contributed by atoms with Gasteiger partial charge in [-0.3, -0.25) is 0 Å². The SMILES string of the molecule is COC(=O)N[C@@H](C)CNc1nccc(-c2[nH]c(C(C)(C)C)nc2-c2cccc(S(=O)(=O)NC(C)C)c2F)n1. The summed E-state index contributed by atoms with van der Waals surface area (Å²) in [4.78, 5) is 27.6. The van der Waals surface area contributed by atoms with Crippen LogP contribution in [-0.2, 0) is 20.2 Å². The summed E-state index contributed by atoms with van der Waals surface area (Å²) in [6.45, 7) is 11.3. The standard InChI is InChI=1S/C25H34FN7O4S/c1-14(2)33-38(35,36)18-10-8-9-16(19(18)26)20-21(32-22(31-20)25(4,5)6)17-11-12-27-23(30-17)28-13-15(3)29-24(34)37-7/h8-12,14-15,33H,13H2,1-7H3,(H,29,34)(H,31,32)(H,27,28,30)/t15-/m0/s1. The summed E-state index contributed by atoms with van der Waals surface area (Å²) in [6, 6.07) is 5.14. The van der Waals surface area contributed by atoms with Crippen molar-refractivity contribution in [3.63, 3.8) is 0 Å². The van der Waals surface area contributed by atoms with E-state index in [1.807, 2.05) is 20.8 Å². The van der Waals surface area contributed by atoms with Crippen LogP contribution in [0.2, 0.25) is 0 Å². The van der Waals surface area contributed by atoms with Gasteiger partial charge < -0.3 is 20.4 Å². The molecule has 1 aromatic carbocycles. The molecule has 0 bridgehead atoms. The highest BCUT2D eigenvalue weighted by atomic mass is 32.2. The number of carbonyl (C=O) groups is 1. The Kier molecular flexibility index (Phi) is 8.72. The molecule has 0 saturated heterocycles. The van der Waals surface area contributed by atoms with Crippen LogP contribution >= 0.6 is 0 Å². The molecule has 1 atom stereocenters. The predicted molar refractivity (Wildman–Crippen MR) is 143 cm³/mol. The maximum Gasteiger partial charge on any atom is 0.407 e. The minimum absolute atomic E-state index is 0.0161. The van der Waals surface area contributed by atoms with Gasteiger partial charge in [-0.25, -0.2) is 37.3 Å². The zero-order chi connectivity index (χ0) is 28.3. The fourth-order valence-electron chi connectivity index (χ4n) is 3.52. The Bertz CT molecular complexity index is 1400. The average molecular weight is 548 g/mol. The van der Waals surface area contributed by atoms with Gasteiger partial charge in [0.2, 0.25) is 16.0 Å². The molecule has 3 rings (SSSR count). The number of halogens is 1. The highest BCUT2D eigenvalue weighted by Crippen LogP contribution is 2.35. The van der Waals surface area contributed by atoms with Crippen LogP contribution in [0.5, 0.6) is 0 Å². The largest absolute Gasteiger partial charge is 0.453 e. The number of hydrogen-bond donors (Lipinski definition) is 4. The van der Waals surface area contributed by atoms with Crippen LogP contribution in [0.1, 0.15) is 47.4 Å². The first-order valence-corrected chi connectivity index (χ1v) is 13.5. The Morgan fingerprint density at radius 3 is 2.50 bits per heavy atom. The number of nitrogens with one attached hydrogen (secondary N) is 4. The smallest absolute Gasteiger partial charge is 0.407 e. The monoisotopic (exact) mass is 547 g/mol. The van der Waals surface area contributed by atoms with Gasteiger partial charge in [-0.2, -0.15) is 0 Å². The third kappa shape index (κ3) is 6.84. The van der Waals surface area contributed by atoms with Crippen LogP contribution in [0.4, 0.5) is 15.1 Å². The summed E-state index contributed by atoms with van der Waals surface area (Å²) < 4.78 is 48.3. The van der Waals surface area contributed by atoms with Gasteiger partial charge in [-0.15, -0.1) is 0 Å². The topological polar surface area (TPSA) is 151 Å². The highest BCUT2D eigenvalue weighted by molar-refractivity contribution is 7.89. The molecule has 4 N–H and O–H groups in total. The Hall–Kier alpha value is -3.58. The van der Waals surface area contributed by atoms with Gasteiger partial charge >= 0.3 is 6.09 Å². The van der Waals surface area contributed by atoms with Crippen molar-refractivity contribution in [3.8, 4) is 22.6 Å². The summed E-state index contributed by atoms with van der Waals surface area (Å²) in [5.41, 5.74) is 0.644. The quantitative estimate of drug-likeness (QED) is 0.316. The van der Waals surface area contributed by atoms with E-state index in [2.05, 4.69) is 40.0 Å². The van der Waals surface area contributed by atoms with E-state index in [0.29, 0.717) is 23.8 Å². The lowest BCUT2D eigenvalue weighted by Crippen LogP contribution is -2.37. The number of alkyl carbamates (subject to hydrolysis) is 1. The Labute approximate surface area is 222 Å². The van der Waals surface area contributed by atoms with Gasteiger partial charge in [-0.05, 0) is 39.0 Å². The van der Waals surface area contributed by atoms with Crippen molar-refractivity contribution < 1.29 is 22.3 Å². The minimum Gasteiger partial charge on any atom is -0.453 e. The van der Waals surface area contributed by atoms with Crippen LogP contribution in [0, 0.1) is 5.82 Å². The number of amides is 1. The maximum atomic E-state index is 15.8. The molecule has 1 amide bonds. The number of hydrogen-bond acceptors (Lipinski definition) is 8. The van der Waals surface area contributed by atoms with Gasteiger partial charge in [0.05, 0.1) is 18.5 Å². The van der Waals surface area contributed by atoms with E-state index in [4.69, 9.17) is 0 Å². The molecular weight excluding hydrogens is 513 g/mol. The highest BCUT2D eigenvalue weighted by Gasteiger charge is 2.28. The molecule has 3 aromatic rings. The third-order valence-electron chi connectivity index (χ3n) is 5.34. The van der Waals surface area contributed by atoms with E-state index in [9.17, 15) is 13.2 Å². The fourth-order valence-corrected chi connectivity index (χ4v) is 4.87. The lowest BCUT2D eigenvalue weighted by atomic mass is 9.96. The zero-order valence-electron chi connectivity index (χ0n) is 22.5. The summed E-state index contributed by atoms with van der Waals surface area (Å²) >= 11 is 0. The van der Waals surface area contributed by atoms with Gasteiger partial charge in [0.15, 0.2) is 5.82 Å². The van der Waals surface area contributed by atoms with Crippen LogP contribution in [0.3, 0.4) is 0 Å². The number of anilines is 1. The van der Waals surface area contributed by atoms with Gasteiger partial charge in [0, 0.05) is 35.8 Å². The van der Waals surface area contributed by atoms with E-state index < -0.39 is 38.3 Å². The third-order valence-corrected chi connectivity index (χ3v) is 7.02. The molecule has 0 radical (unpaired) electrons. The molecule has 0 unspecified atom stereocenters. The molecule has 2 aromatic heterocycles. The molecule has 0 aliphatic rings. The minimum atomic E-state index is -4.09. The number of aromatic amines is 1. The Morgan fingerprint density at radius 2 is 1.87 bits per heavy atom. The molecule has 0 spiro atoms. The van der Waals surface area contributed by atoms with Crippen molar-refractivity contribution >= 4 is 22.1 Å². The molecule has 38 heavy (non-hydrogen) atoms. The first-order valence-electron chi connectivity index (χ1n) is 12.1. The van der Waals surface area contributed by atoms with E-state index >= 15 is 4.39 Å². The average Bonchev–Trinajstić information content (AvgIpc) is 3.28. The van der Waals surface area contributed by atoms with E-state index in [1.165, 1.54) is 31.5 Å². The molecule has 0 aliphatic heterocycles. The Balaban J connectivity index is 2.06. The van der Waals surface area contributed by atoms with Crippen molar-refractivity contribution in [1.82, 2.24) is 30.0 Å². The zero-order valence-corrected chi connectivity index (χ0v) is 23.3. The lowest BCUT2D eigenvalue weighted by Gasteiger charge is -2.14.